The zero-order chi connectivity index (χ0) is 19.9. The van der Waals surface area contributed by atoms with Crippen molar-refractivity contribution < 1.29 is 23.7 Å². The molecule has 0 radical (unpaired) electrons. The standard InChI is InChI=1S/C22H25BrO5/c1-15-20(25-13-17-9-5-3-6-10-17)21(19(23)22(27-15)28-16(2)24)26-14-18-11-7-4-8-12-18/h3-12,15,19-22H,13-14H2,1-2H3/t15-,19+,20-,21-,22-/m0/s1. The summed E-state index contributed by atoms with van der Waals surface area (Å²) >= 11 is 3.61. The number of hydrogen-bond acceptors (Lipinski definition) is 5. The quantitative estimate of drug-likeness (QED) is 0.468. The molecule has 5 atom stereocenters. The Kier molecular flexibility index (Phi) is 7.62. The van der Waals surface area contributed by atoms with E-state index in [9.17, 15) is 4.79 Å². The van der Waals surface area contributed by atoms with Gasteiger partial charge in [0.15, 0.2) is 0 Å². The van der Waals surface area contributed by atoms with Crippen LogP contribution in [0.3, 0.4) is 0 Å². The second kappa shape index (κ2) is 10.2. The average Bonchev–Trinajstić information content (AvgIpc) is 2.69. The van der Waals surface area contributed by atoms with Crippen molar-refractivity contribution in [1.29, 1.82) is 0 Å². The lowest BCUT2D eigenvalue weighted by molar-refractivity contribution is -0.254. The molecule has 1 heterocycles. The summed E-state index contributed by atoms with van der Waals surface area (Å²) in [5.41, 5.74) is 2.14. The Labute approximate surface area is 174 Å². The number of carbonyl (C=O) groups is 1. The minimum atomic E-state index is -0.732. The summed E-state index contributed by atoms with van der Waals surface area (Å²) in [6, 6.07) is 19.9. The summed E-state index contributed by atoms with van der Waals surface area (Å²) in [6.45, 7) is 4.15. The molecule has 0 aliphatic carbocycles. The largest absolute Gasteiger partial charge is 0.435 e. The van der Waals surface area contributed by atoms with Gasteiger partial charge < -0.3 is 18.9 Å². The smallest absolute Gasteiger partial charge is 0.304 e. The van der Waals surface area contributed by atoms with Gasteiger partial charge in [-0.2, -0.15) is 0 Å². The molecule has 1 aliphatic heterocycles. The van der Waals surface area contributed by atoms with E-state index < -0.39 is 12.3 Å². The molecule has 0 aromatic heterocycles. The van der Waals surface area contributed by atoms with Gasteiger partial charge in [0.1, 0.15) is 17.0 Å². The zero-order valence-corrected chi connectivity index (χ0v) is 17.6. The van der Waals surface area contributed by atoms with Gasteiger partial charge in [0.05, 0.1) is 19.3 Å². The number of alkyl halides is 1. The first-order valence-corrected chi connectivity index (χ1v) is 10.2. The van der Waals surface area contributed by atoms with Crippen LogP contribution in [-0.4, -0.2) is 35.4 Å². The third kappa shape index (κ3) is 5.64. The van der Waals surface area contributed by atoms with E-state index in [2.05, 4.69) is 15.9 Å². The first-order valence-electron chi connectivity index (χ1n) is 9.32. The van der Waals surface area contributed by atoms with Gasteiger partial charge in [0, 0.05) is 6.92 Å². The summed E-state index contributed by atoms with van der Waals surface area (Å²) in [7, 11) is 0. The van der Waals surface area contributed by atoms with Gasteiger partial charge in [-0.05, 0) is 18.1 Å². The summed E-state index contributed by atoms with van der Waals surface area (Å²) in [5.74, 6) is -0.396. The topological polar surface area (TPSA) is 54.0 Å². The van der Waals surface area contributed by atoms with Crippen LogP contribution >= 0.6 is 15.9 Å². The van der Waals surface area contributed by atoms with Crippen LogP contribution in [-0.2, 0) is 37.0 Å². The highest BCUT2D eigenvalue weighted by molar-refractivity contribution is 9.09. The molecule has 5 nitrogen and oxygen atoms in total. The van der Waals surface area contributed by atoms with Crippen molar-refractivity contribution in [3.63, 3.8) is 0 Å². The van der Waals surface area contributed by atoms with E-state index >= 15 is 0 Å². The van der Waals surface area contributed by atoms with Crippen molar-refractivity contribution >= 4 is 21.9 Å². The normalized spacial score (nSPS) is 27.3. The van der Waals surface area contributed by atoms with E-state index in [4.69, 9.17) is 18.9 Å². The van der Waals surface area contributed by atoms with Gasteiger partial charge in [-0.3, -0.25) is 4.79 Å². The molecule has 0 spiro atoms. The van der Waals surface area contributed by atoms with Crippen molar-refractivity contribution in [1.82, 2.24) is 0 Å². The average molecular weight is 449 g/mol. The first kappa shape index (κ1) is 21.0. The third-order valence-corrected chi connectivity index (χ3v) is 5.51. The zero-order valence-electron chi connectivity index (χ0n) is 16.0. The minimum absolute atomic E-state index is 0.303. The van der Waals surface area contributed by atoms with E-state index in [1.807, 2.05) is 67.6 Å². The van der Waals surface area contributed by atoms with Crippen LogP contribution in [0.1, 0.15) is 25.0 Å². The molecule has 3 rings (SSSR count). The molecule has 28 heavy (non-hydrogen) atoms. The molecular weight excluding hydrogens is 424 g/mol. The lowest BCUT2D eigenvalue weighted by Crippen LogP contribution is -2.57. The number of halogens is 1. The van der Waals surface area contributed by atoms with E-state index in [1.54, 1.807) is 0 Å². The Hall–Kier alpha value is -1.73. The fourth-order valence-electron chi connectivity index (χ4n) is 3.17. The molecule has 150 valence electrons. The van der Waals surface area contributed by atoms with E-state index in [1.165, 1.54) is 6.92 Å². The van der Waals surface area contributed by atoms with Crippen molar-refractivity contribution in [3.8, 4) is 0 Å². The number of rotatable bonds is 7. The molecule has 0 unspecified atom stereocenters. The summed E-state index contributed by atoms with van der Waals surface area (Å²) in [6.07, 6.45) is -1.70. The van der Waals surface area contributed by atoms with Gasteiger partial charge in [-0.15, -0.1) is 0 Å². The van der Waals surface area contributed by atoms with Crippen molar-refractivity contribution in [2.75, 3.05) is 0 Å². The Morgan fingerprint density at radius 3 is 1.93 bits per heavy atom. The van der Waals surface area contributed by atoms with Crippen molar-refractivity contribution in [2.45, 2.75) is 56.5 Å². The molecular formula is C22H25BrO5. The molecule has 0 saturated carbocycles. The van der Waals surface area contributed by atoms with Gasteiger partial charge in [0.25, 0.3) is 0 Å². The Morgan fingerprint density at radius 1 is 0.929 bits per heavy atom. The third-order valence-electron chi connectivity index (χ3n) is 4.56. The van der Waals surface area contributed by atoms with Gasteiger partial charge in [-0.25, -0.2) is 0 Å². The van der Waals surface area contributed by atoms with Crippen LogP contribution in [0, 0.1) is 0 Å². The number of benzene rings is 2. The van der Waals surface area contributed by atoms with Crippen LogP contribution in [0.15, 0.2) is 60.7 Å². The number of ether oxygens (including phenoxy) is 4. The monoisotopic (exact) mass is 448 g/mol. The maximum Gasteiger partial charge on any atom is 0.304 e. The van der Waals surface area contributed by atoms with E-state index in [0.29, 0.717) is 13.2 Å². The second-order valence-electron chi connectivity index (χ2n) is 6.79. The summed E-state index contributed by atoms with van der Waals surface area (Å²) in [4.78, 5) is 11.1. The van der Waals surface area contributed by atoms with Crippen LogP contribution in [0.2, 0.25) is 0 Å². The molecule has 2 aromatic carbocycles. The molecule has 0 N–H and O–H groups in total. The van der Waals surface area contributed by atoms with Gasteiger partial charge >= 0.3 is 5.97 Å². The Morgan fingerprint density at radius 2 is 1.43 bits per heavy atom. The number of hydrogen-bond donors (Lipinski definition) is 0. The van der Waals surface area contributed by atoms with Crippen LogP contribution in [0.5, 0.6) is 0 Å². The van der Waals surface area contributed by atoms with Crippen LogP contribution in [0.4, 0.5) is 0 Å². The highest BCUT2D eigenvalue weighted by Crippen LogP contribution is 2.32. The number of esters is 1. The summed E-state index contributed by atoms with van der Waals surface area (Å²) in [5, 5.41) is 0. The minimum Gasteiger partial charge on any atom is -0.435 e. The van der Waals surface area contributed by atoms with Crippen molar-refractivity contribution in [2.24, 2.45) is 0 Å². The lowest BCUT2D eigenvalue weighted by atomic mass is 10.0. The molecule has 6 heteroatoms. The predicted molar refractivity (Wildman–Crippen MR) is 109 cm³/mol. The van der Waals surface area contributed by atoms with Crippen LogP contribution < -0.4 is 0 Å². The Bertz CT molecular complexity index is 739. The lowest BCUT2D eigenvalue weighted by Gasteiger charge is -2.42. The highest BCUT2D eigenvalue weighted by Gasteiger charge is 2.46. The molecule has 1 fully saturated rings. The SMILES string of the molecule is CC(=O)O[C@@H]1O[C@@H](C)[C@H](OCc2ccccc2)[C@@H](OCc2ccccc2)[C@H]1Br. The fraction of sp³-hybridized carbons (Fsp3) is 0.409. The first-order chi connectivity index (χ1) is 13.5. The molecule has 2 aromatic rings. The Balaban J connectivity index is 1.72. The summed E-state index contributed by atoms with van der Waals surface area (Å²) < 4.78 is 23.6. The fourth-order valence-corrected chi connectivity index (χ4v) is 3.86. The predicted octanol–water partition coefficient (Wildman–Crippen LogP) is 4.23. The maximum absolute atomic E-state index is 11.4. The highest BCUT2D eigenvalue weighted by atomic mass is 79.9. The van der Waals surface area contributed by atoms with Gasteiger partial charge in [0.2, 0.25) is 6.29 Å². The maximum atomic E-state index is 11.4. The number of carbonyl (C=O) groups excluding carboxylic acids is 1. The van der Waals surface area contributed by atoms with E-state index in [0.717, 1.165) is 11.1 Å². The molecule has 0 amide bonds. The molecule has 1 aliphatic rings. The molecule has 1 saturated heterocycles. The molecule has 0 bridgehead atoms. The van der Waals surface area contributed by atoms with Gasteiger partial charge in [-0.1, -0.05) is 76.6 Å². The second-order valence-corrected chi connectivity index (χ2v) is 7.84. The van der Waals surface area contributed by atoms with Crippen LogP contribution in [0.25, 0.3) is 0 Å². The van der Waals surface area contributed by atoms with Crippen molar-refractivity contribution in [3.05, 3.63) is 71.8 Å². The van der Waals surface area contributed by atoms with E-state index in [-0.39, 0.29) is 23.1 Å².